The number of carboxylic acid groups (broad SMARTS) is 1. The third-order valence-electron chi connectivity index (χ3n) is 6.16. The highest BCUT2D eigenvalue weighted by Crippen LogP contribution is 2.39. The summed E-state index contributed by atoms with van der Waals surface area (Å²) in [7, 11) is 0. The highest BCUT2D eigenvalue weighted by molar-refractivity contribution is 6.30. The Morgan fingerprint density at radius 2 is 1.88 bits per heavy atom. The molecule has 2 aromatic carbocycles. The van der Waals surface area contributed by atoms with E-state index in [9.17, 15) is 14.4 Å². The van der Waals surface area contributed by atoms with E-state index in [2.05, 4.69) is 5.32 Å². The van der Waals surface area contributed by atoms with Crippen LogP contribution in [-0.4, -0.2) is 46.5 Å². The van der Waals surface area contributed by atoms with Gasteiger partial charge in [-0.3, -0.25) is 19.3 Å². The Morgan fingerprint density at radius 3 is 2.52 bits per heavy atom. The number of likely N-dealkylation sites (tertiary alicyclic amines) is 1. The number of ether oxygens (including phenoxy) is 1. The van der Waals surface area contributed by atoms with Crippen molar-refractivity contribution in [2.45, 2.75) is 45.7 Å². The van der Waals surface area contributed by atoms with E-state index in [0.29, 0.717) is 30.3 Å². The molecule has 8 heteroatoms. The highest BCUT2D eigenvalue weighted by Gasteiger charge is 2.59. The van der Waals surface area contributed by atoms with E-state index in [4.69, 9.17) is 21.4 Å². The van der Waals surface area contributed by atoms with Crippen LogP contribution in [0, 0.1) is 19.8 Å². The molecule has 0 saturated carbocycles. The van der Waals surface area contributed by atoms with Crippen LogP contribution in [0.4, 0.5) is 0 Å². The van der Waals surface area contributed by atoms with E-state index >= 15 is 0 Å². The third kappa shape index (κ3) is 5.72. The van der Waals surface area contributed by atoms with Crippen molar-refractivity contribution in [3.63, 3.8) is 0 Å². The van der Waals surface area contributed by atoms with Crippen LogP contribution >= 0.6 is 11.6 Å². The number of carbonyl (C=O) groups excluding carboxylic acids is 2. The molecule has 0 aromatic heterocycles. The summed E-state index contributed by atoms with van der Waals surface area (Å²) in [5, 5.41) is 12.2. The third-order valence-corrected chi connectivity index (χ3v) is 6.42. The number of carbonyl (C=O) groups is 3. The molecule has 1 aliphatic rings. The van der Waals surface area contributed by atoms with Gasteiger partial charge in [-0.2, -0.15) is 0 Å². The molecule has 1 saturated heterocycles. The smallest absolute Gasteiger partial charge is 0.318 e. The fraction of sp³-hybridized carbons (Fsp3) is 0.400. The summed E-state index contributed by atoms with van der Waals surface area (Å²) in [4.78, 5) is 39.0. The van der Waals surface area contributed by atoms with Gasteiger partial charge in [0, 0.05) is 31.1 Å². The van der Waals surface area contributed by atoms with Gasteiger partial charge in [0.15, 0.2) is 0 Å². The maximum atomic E-state index is 13.2. The Kier molecular flexibility index (Phi) is 7.76. The lowest BCUT2D eigenvalue weighted by Gasteiger charge is -2.54. The molecule has 7 nitrogen and oxygen atoms in total. The minimum Gasteiger partial charge on any atom is -0.481 e. The van der Waals surface area contributed by atoms with Crippen molar-refractivity contribution in [3.8, 4) is 5.75 Å². The van der Waals surface area contributed by atoms with Gasteiger partial charge < -0.3 is 15.2 Å². The van der Waals surface area contributed by atoms with E-state index in [1.54, 1.807) is 25.1 Å². The van der Waals surface area contributed by atoms with Gasteiger partial charge in [0.1, 0.15) is 11.3 Å². The molecule has 0 radical (unpaired) electrons. The fourth-order valence-corrected chi connectivity index (χ4v) is 4.18. The number of hydrogen-bond donors (Lipinski definition) is 2. The molecular formula is C25H29ClN2O5. The first-order valence-corrected chi connectivity index (χ1v) is 11.3. The molecule has 1 aliphatic heterocycles. The second kappa shape index (κ2) is 10.4. The van der Waals surface area contributed by atoms with Crippen LogP contribution in [0.3, 0.4) is 0 Å². The Bertz CT molecular complexity index is 1040. The van der Waals surface area contributed by atoms with Crippen molar-refractivity contribution in [1.29, 1.82) is 0 Å². The van der Waals surface area contributed by atoms with E-state index in [0.717, 1.165) is 16.7 Å². The molecule has 2 aromatic rings. The zero-order valence-electron chi connectivity index (χ0n) is 19.1. The molecule has 1 amide bonds. The van der Waals surface area contributed by atoms with Gasteiger partial charge in [-0.05, 0) is 56.5 Å². The summed E-state index contributed by atoms with van der Waals surface area (Å²) in [5.74, 6) is -1.89. The molecule has 0 bridgehead atoms. The van der Waals surface area contributed by atoms with E-state index < -0.39 is 23.4 Å². The molecule has 1 heterocycles. The molecule has 33 heavy (non-hydrogen) atoms. The molecular weight excluding hydrogens is 444 g/mol. The van der Waals surface area contributed by atoms with Gasteiger partial charge >= 0.3 is 11.9 Å². The number of halogens is 1. The van der Waals surface area contributed by atoms with Crippen LogP contribution in [-0.2, 0) is 20.9 Å². The normalized spacial score (nSPS) is 20.1. The van der Waals surface area contributed by atoms with Crippen molar-refractivity contribution >= 4 is 29.4 Å². The van der Waals surface area contributed by atoms with E-state index in [-0.39, 0.29) is 18.9 Å². The van der Waals surface area contributed by atoms with Gasteiger partial charge in [-0.1, -0.05) is 41.4 Å². The predicted molar refractivity (Wildman–Crippen MR) is 125 cm³/mol. The summed E-state index contributed by atoms with van der Waals surface area (Å²) < 4.78 is 5.68. The van der Waals surface area contributed by atoms with Crippen molar-refractivity contribution in [1.82, 2.24) is 10.2 Å². The second-order valence-electron chi connectivity index (χ2n) is 8.65. The Hall–Kier alpha value is -2.90. The number of carboxylic acids is 1. The Morgan fingerprint density at radius 1 is 1.18 bits per heavy atom. The Labute approximate surface area is 198 Å². The lowest BCUT2D eigenvalue weighted by Crippen LogP contribution is -2.73. The minimum atomic E-state index is -1.13. The number of aliphatic carboxylic acids is 1. The first-order valence-electron chi connectivity index (χ1n) is 10.9. The second-order valence-corrected chi connectivity index (χ2v) is 9.09. The van der Waals surface area contributed by atoms with Gasteiger partial charge in [0.25, 0.3) is 0 Å². The quantitative estimate of drug-likeness (QED) is 0.328. The molecule has 176 valence electrons. The van der Waals surface area contributed by atoms with Crippen LogP contribution in [0.1, 0.15) is 36.5 Å². The zero-order chi connectivity index (χ0) is 24.2. The lowest BCUT2D eigenvalue weighted by atomic mass is 9.74. The van der Waals surface area contributed by atoms with Gasteiger partial charge in [-0.25, -0.2) is 0 Å². The molecule has 0 aliphatic carbocycles. The number of aryl methyl sites for hydroxylation is 2. The van der Waals surface area contributed by atoms with Crippen molar-refractivity contribution in [2.24, 2.45) is 5.92 Å². The number of amides is 1. The van der Waals surface area contributed by atoms with E-state index in [1.807, 2.05) is 43.0 Å². The maximum Gasteiger partial charge on any atom is 0.318 e. The number of benzene rings is 2. The summed E-state index contributed by atoms with van der Waals surface area (Å²) in [6.45, 7) is 6.61. The fourth-order valence-electron chi connectivity index (χ4n) is 4.05. The molecule has 3 rings (SSSR count). The van der Waals surface area contributed by atoms with Crippen molar-refractivity contribution in [2.75, 3.05) is 13.1 Å². The van der Waals surface area contributed by atoms with Crippen LogP contribution in [0.5, 0.6) is 5.75 Å². The largest absolute Gasteiger partial charge is 0.481 e. The lowest BCUT2D eigenvalue weighted by molar-refractivity contribution is -0.171. The molecule has 0 spiro atoms. The van der Waals surface area contributed by atoms with Crippen LogP contribution in [0.2, 0.25) is 5.02 Å². The first kappa shape index (κ1) is 24.7. The summed E-state index contributed by atoms with van der Waals surface area (Å²) in [6.07, 6.45) is 0.273. The number of nitrogens with zero attached hydrogens (tertiary/aromatic N) is 1. The summed E-state index contributed by atoms with van der Waals surface area (Å²) in [5.41, 5.74) is 1.75. The number of rotatable bonds is 9. The van der Waals surface area contributed by atoms with Crippen molar-refractivity contribution in [3.05, 3.63) is 64.2 Å². The van der Waals surface area contributed by atoms with Gasteiger partial charge in [0.2, 0.25) is 5.91 Å². The zero-order valence-corrected chi connectivity index (χ0v) is 19.8. The topological polar surface area (TPSA) is 95.9 Å². The number of esters is 1. The highest BCUT2D eigenvalue weighted by atomic mass is 35.5. The maximum absolute atomic E-state index is 13.2. The van der Waals surface area contributed by atoms with Crippen LogP contribution in [0.25, 0.3) is 0 Å². The average Bonchev–Trinajstić information content (AvgIpc) is 2.76. The molecule has 2 unspecified atom stereocenters. The first-order chi connectivity index (χ1) is 15.6. The molecule has 2 N–H and O–H groups in total. The SMILES string of the molecule is Cc1ccc(OC(=O)C2CN(Cc3ccc(Cl)cc3)C2(C)C(=O)NCCCC(=O)O)c(C)c1. The molecule has 2 atom stereocenters. The van der Waals surface area contributed by atoms with Crippen molar-refractivity contribution < 1.29 is 24.2 Å². The van der Waals surface area contributed by atoms with Gasteiger partial charge in [0.05, 0.1) is 5.92 Å². The van der Waals surface area contributed by atoms with Crippen LogP contribution in [0.15, 0.2) is 42.5 Å². The Balaban J connectivity index is 1.76. The standard InChI is InChI=1S/C25H29ClN2O5/c1-16-6-11-21(17(2)13-16)33-23(31)20-15-28(14-18-7-9-19(26)10-8-18)25(20,3)24(32)27-12-4-5-22(29)30/h6-11,13,20H,4-5,12,14-15H2,1-3H3,(H,27,32)(H,29,30). The average molecular weight is 473 g/mol. The number of nitrogens with one attached hydrogen (secondary N) is 1. The van der Waals surface area contributed by atoms with Gasteiger partial charge in [-0.15, -0.1) is 0 Å². The number of hydrogen-bond acceptors (Lipinski definition) is 5. The predicted octanol–water partition coefficient (Wildman–Crippen LogP) is 3.73. The summed E-state index contributed by atoms with van der Waals surface area (Å²) in [6, 6.07) is 12.9. The monoisotopic (exact) mass is 472 g/mol. The summed E-state index contributed by atoms with van der Waals surface area (Å²) >= 11 is 5.98. The minimum absolute atomic E-state index is 0.0380. The van der Waals surface area contributed by atoms with Crippen LogP contribution < -0.4 is 10.1 Å². The molecule has 1 fully saturated rings. The van der Waals surface area contributed by atoms with E-state index in [1.165, 1.54) is 0 Å².